The number of carbonyl (C=O) groups excluding carboxylic acids is 3. The smallest absolute Gasteiger partial charge is 0.325 e. The fraction of sp³-hybridized carbons (Fsp3) is 0.526. The van der Waals surface area contributed by atoms with E-state index in [4.69, 9.17) is 0 Å². The Morgan fingerprint density at radius 2 is 2.04 bits per heavy atom. The highest BCUT2D eigenvalue weighted by atomic mass is 79.9. The highest BCUT2D eigenvalue weighted by Crippen LogP contribution is 2.30. The number of amides is 4. The predicted octanol–water partition coefficient (Wildman–Crippen LogP) is 2.91. The van der Waals surface area contributed by atoms with Crippen molar-refractivity contribution in [2.24, 2.45) is 5.92 Å². The predicted molar refractivity (Wildman–Crippen MR) is 101 cm³/mol. The lowest BCUT2D eigenvalue weighted by Gasteiger charge is -2.23. The fourth-order valence-corrected chi connectivity index (χ4v) is 4.08. The molecule has 1 atom stereocenters. The second kappa shape index (κ2) is 7.78. The zero-order valence-electron chi connectivity index (χ0n) is 14.9. The van der Waals surface area contributed by atoms with Gasteiger partial charge in [-0.15, -0.1) is 0 Å². The van der Waals surface area contributed by atoms with E-state index in [0.29, 0.717) is 18.0 Å². The topological polar surface area (TPSA) is 78.5 Å². The molecule has 0 radical (unpaired) electrons. The van der Waals surface area contributed by atoms with Crippen LogP contribution in [-0.4, -0.2) is 35.8 Å². The minimum atomic E-state index is -1.16. The second-order valence-corrected chi connectivity index (χ2v) is 8.18. The molecule has 1 heterocycles. The van der Waals surface area contributed by atoms with E-state index < -0.39 is 17.5 Å². The number of nitrogens with one attached hydrogen (secondary N) is 2. The molecule has 6 nitrogen and oxygen atoms in total. The van der Waals surface area contributed by atoms with Crippen molar-refractivity contribution in [1.82, 2.24) is 15.5 Å². The van der Waals surface area contributed by atoms with Gasteiger partial charge in [0.05, 0.1) is 0 Å². The van der Waals surface area contributed by atoms with Gasteiger partial charge >= 0.3 is 6.03 Å². The van der Waals surface area contributed by atoms with E-state index in [1.54, 1.807) is 19.1 Å². The van der Waals surface area contributed by atoms with Gasteiger partial charge in [-0.3, -0.25) is 14.5 Å². The normalized spacial score (nSPS) is 23.8. The van der Waals surface area contributed by atoms with Crippen molar-refractivity contribution in [2.75, 3.05) is 13.1 Å². The zero-order chi connectivity index (χ0) is 18.7. The number of imide groups is 1. The summed E-state index contributed by atoms with van der Waals surface area (Å²) in [6.07, 6.45) is 5.94. The Hall–Kier alpha value is -1.89. The molecule has 1 aromatic rings. The molecule has 3 rings (SSSR count). The summed E-state index contributed by atoms with van der Waals surface area (Å²) in [5, 5.41) is 5.60. The van der Waals surface area contributed by atoms with Gasteiger partial charge in [-0.2, -0.15) is 0 Å². The molecule has 2 fully saturated rings. The van der Waals surface area contributed by atoms with Crippen molar-refractivity contribution < 1.29 is 14.4 Å². The summed E-state index contributed by atoms with van der Waals surface area (Å²) >= 11 is 3.38. The summed E-state index contributed by atoms with van der Waals surface area (Å²) in [6, 6.07) is 6.71. The van der Waals surface area contributed by atoms with Crippen LogP contribution in [0.5, 0.6) is 0 Å². The lowest BCUT2D eigenvalue weighted by atomic mass is 9.89. The second-order valence-electron chi connectivity index (χ2n) is 7.26. The van der Waals surface area contributed by atoms with Crippen LogP contribution in [0, 0.1) is 5.92 Å². The van der Waals surface area contributed by atoms with Crippen molar-refractivity contribution in [3.05, 3.63) is 34.3 Å². The number of benzene rings is 1. The summed E-state index contributed by atoms with van der Waals surface area (Å²) in [5.41, 5.74) is -0.486. The van der Waals surface area contributed by atoms with E-state index in [9.17, 15) is 14.4 Å². The van der Waals surface area contributed by atoms with E-state index in [1.165, 1.54) is 19.3 Å². The maximum absolute atomic E-state index is 12.8. The number of urea groups is 1. The lowest BCUT2D eigenvalue weighted by Crippen LogP contribution is -2.44. The van der Waals surface area contributed by atoms with Crippen LogP contribution in [0.3, 0.4) is 0 Å². The Labute approximate surface area is 161 Å². The van der Waals surface area contributed by atoms with E-state index in [2.05, 4.69) is 26.6 Å². The van der Waals surface area contributed by atoms with Crippen LogP contribution >= 0.6 is 15.9 Å². The third-order valence-corrected chi connectivity index (χ3v) is 5.78. The number of halogens is 1. The summed E-state index contributed by atoms with van der Waals surface area (Å²) in [5.74, 6) is -0.200. The molecule has 140 valence electrons. The number of hydrogen-bond acceptors (Lipinski definition) is 3. The third kappa shape index (κ3) is 3.92. The Balaban J connectivity index is 1.62. The van der Waals surface area contributed by atoms with Gasteiger partial charge in [0, 0.05) is 11.0 Å². The van der Waals surface area contributed by atoms with Crippen LogP contribution in [0.1, 0.15) is 44.6 Å². The first kappa shape index (κ1) is 18.9. The molecule has 0 bridgehead atoms. The lowest BCUT2D eigenvalue weighted by molar-refractivity contribution is -0.134. The highest BCUT2D eigenvalue weighted by Gasteiger charge is 2.49. The molecule has 4 amide bonds. The van der Waals surface area contributed by atoms with E-state index in [1.807, 2.05) is 12.1 Å². The quantitative estimate of drug-likeness (QED) is 0.717. The van der Waals surface area contributed by atoms with Crippen LogP contribution in [-0.2, 0) is 15.1 Å². The SMILES string of the molecule is CC1(c2cccc(Br)c2)NC(=O)N(CC(=O)NCC2CCCCC2)C1=O. The molecule has 0 spiro atoms. The van der Waals surface area contributed by atoms with Crippen LogP contribution in [0.25, 0.3) is 0 Å². The summed E-state index contributed by atoms with van der Waals surface area (Å²) < 4.78 is 0.821. The molecule has 1 saturated heterocycles. The number of nitrogens with zero attached hydrogens (tertiary/aromatic N) is 1. The van der Waals surface area contributed by atoms with Gasteiger partial charge in [-0.25, -0.2) is 4.79 Å². The monoisotopic (exact) mass is 421 g/mol. The first-order valence-corrected chi connectivity index (χ1v) is 9.86. The molecule has 1 unspecified atom stereocenters. The van der Waals surface area contributed by atoms with Crippen molar-refractivity contribution in [1.29, 1.82) is 0 Å². The van der Waals surface area contributed by atoms with Gasteiger partial charge in [0.2, 0.25) is 5.91 Å². The van der Waals surface area contributed by atoms with Crippen molar-refractivity contribution >= 4 is 33.8 Å². The average molecular weight is 422 g/mol. The maximum Gasteiger partial charge on any atom is 0.325 e. The Kier molecular flexibility index (Phi) is 5.65. The van der Waals surface area contributed by atoms with Crippen LogP contribution < -0.4 is 10.6 Å². The molecule has 0 aromatic heterocycles. The number of hydrogen-bond donors (Lipinski definition) is 2. The molecule has 1 aromatic carbocycles. The molecule has 1 saturated carbocycles. The molecule has 2 aliphatic rings. The Morgan fingerprint density at radius 1 is 1.31 bits per heavy atom. The van der Waals surface area contributed by atoms with Gasteiger partial charge in [0.25, 0.3) is 5.91 Å². The first-order chi connectivity index (χ1) is 12.4. The zero-order valence-corrected chi connectivity index (χ0v) is 16.5. The van der Waals surface area contributed by atoms with E-state index in [0.717, 1.165) is 22.2 Å². The molecular formula is C19H24BrN3O3. The highest BCUT2D eigenvalue weighted by molar-refractivity contribution is 9.10. The molecule has 1 aliphatic heterocycles. The molecule has 2 N–H and O–H groups in total. The van der Waals surface area contributed by atoms with Crippen LogP contribution in [0.4, 0.5) is 4.79 Å². The van der Waals surface area contributed by atoms with Gasteiger partial charge < -0.3 is 10.6 Å². The molecule has 7 heteroatoms. The fourth-order valence-electron chi connectivity index (χ4n) is 3.68. The summed E-state index contributed by atoms with van der Waals surface area (Å²) in [7, 11) is 0. The van der Waals surface area contributed by atoms with Crippen molar-refractivity contribution in [3.8, 4) is 0 Å². The summed E-state index contributed by atoms with van der Waals surface area (Å²) in [6.45, 7) is 2.03. The Morgan fingerprint density at radius 3 is 2.73 bits per heavy atom. The number of carbonyl (C=O) groups is 3. The standard InChI is InChI=1S/C19H24BrN3O3/c1-19(14-8-5-9-15(20)10-14)17(25)23(18(26)22-19)12-16(24)21-11-13-6-3-2-4-7-13/h5,8-10,13H,2-4,6-7,11-12H2,1H3,(H,21,24)(H,22,26). The van der Waals surface area contributed by atoms with Gasteiger partial charge in [0.15, 0.2) is 0 Å². The Bertz CT molecular complexity index is 718. The maximum atomic E-state index is 12.8. The molecule has 26 heavy (non-hydrogen) atoms. The van der Waals surface area contributed by atoms with E-state index in [-0.39, 0.29) is 12.5 Å². The van der Waals surface area contributed by atoms with Crippen molar-refractivity contribution in [2.45, 2.75) is 44.6 Å². The van der Waals surface area contributed by atoms with Crippen LogP contribution in [0.2, 0.25) is 0 Å². The summed E-state index contributed by atoms with van der Waals surface area (Å²) in [4.78, 5) is 38.4. The average Bonchev–Trinajstić information content (AvgIpc) is 2.85. The largest absolute Gasteiger partial charge is 0.354 e. The van der Waals surface area contributed by atoms with Crippen molar-refractivity contribution in [3.63, 3.8) is 0 Å². The van der Waals surface area contributed by atoms with Gasteiger partial charge in [-0.1, -0.05) is 47.3 Å². The molecule has 1 aliphatic carbocycles. The first-order valence-electron chi connectivity index (χ1n) is 9.07. The third-order valence-electron chi connectivity index (χ3n) is 5.29. The molecular weight excluding hydrogens is 398 g/mol. The van der Waals surface area contributed by atoms with E-state index >= 15 is 0 Å². The van der Waals surface area contributed by atoms with Crippen LogP contribution in [0.15, 0.2) is 28.7 Å². The minimum Gasteiger partial charge on any atom is -0.354 e. The number of rotatable bonds is 5. The van der Waals surface area contributed by atoms with Gasteiger partial charge in [-0.05, 0) is 43.4 Å². The minimum absolute atomic E-state index is 0.249. The van der Waals surface area contributed by atoms with Gasteiger partial charge in [0.1, 0.15) is 12.1 Å².